The second kappa shape index (κ2) is 7.36. The molecule has 5 nitrogen and oxygen atoms in total. The van der Waals surface area contributed by atoms with Crippen molar-refractivity contribution in [1.29, 1.82) is 0 Å². The average Bonchev–Trinajstić information content (AvgIpc) is 2.90. The molecule has 1 amide bonds. The maximum atomic E-state index is 12.2. The number of ether oxygens (including phenoxy) is 1. The summed E-state index contributed by atoms with van der Waals surface area (Å²) in [5.41, 5.74) is 0.886. The highest BCUT2D eigenvalue weighted by Crippen LogP contribution is 2.32. The van der Waals surface area contributed by atoms with Crippen molar-refractivity contribution in [2.45, 2.75) is 37.8 Å². The van der Waals surface area contributed by atoms with Crippen molar-refractivity contribution in [3.63, 3.8) is 0 Å². The summed E-state index contributed by atoms with van der Waals surface area (Å²) in [4.78, 5) is 24.9. The van der Waals surface area contributed by atoms with Gasteiger partial charge >= 0.3 is 12.1 Å². The van der Waals surface area contributed by atoms with E-state index in [1.165, 1.54) is 16.7 Å². The molecule has 1 aliphatic rings. The molecular weight excluding hydrogens is 290 g/mol. The Bertz CT molecular complexity index is 494. The van der Waals surface area contributed by atoms with Gasteiger partial charge in [-0.05, 0) is 12.0 Å². The molecule has 1 heterocycles. The molecular formula is C15H19NO4S. The summed E-state index contributed by atoms with van der Waals surface area (Å²) >= 11 is 1.51. The van der Waals surface area contributed by atoms with Gasteiger partial charge < -0.3 is 9.84 Å². The summed E-state index contributed by atoms with van der Waals surface area (Å²) in [6, 6.07) is 8.56. The number of thioether (sulfide) groups is 1. The van der Waals surface area contributed by atoms with Crippen molar-refractivity contribution in [3.05, 3.63) is 35.9 Å². The van der Waals surface area contributed by atoms with Crippen LogP contribution in [0.15, 0.2) is 30.3 Å². The first-order valence-corrected chi connectivity index (χ1v) is 8.01. The van der Waals surface area contributed by atoms with E-state index in [4.69, 9.17) is 4.74 Å². The largest absolute Gasteiger partial charge is 0.480 e. The molecule has 1 aliphatic heterocycles. The van der Waals surface area contributed by atoms with Crippen LogP contribution in [0.4, 0.5) is 4.79 Å². The van der Waals surface area contributed by atoms with E-state index in [9.17, 15) is 14.7 Å². The quantitative estimate of drug-likeness (QED) is 0.906. The molecule has 0 radical (unpaired) electrons. The van der Waals surface area contributed by atoms with Crippen LogP contribution in [0.1, 0.15) is 25.3 Å². The Morgan fingerprint density at radius 2 is 2.10 bits per heavy atom. The number of carbonyl (C=O) groups is 2. The molecule has 1 aromatic rings. The first-order chi connectivity index (χ1) is 10.1. The fourth-order valence-corrected chi connectivity index (χ4v) is 3.77. The molecule has 0 aromatic heterocycles. The summed E-state index contributed by atoms with van der Waals surface area (Å²) in [6.07, 6.45) is 1.12. The van der Waals surface area contributed by atoms with Gasteiger partial charge in [-0.1, -0.05) is 43.7 Å². The number of hydrogen-bond acceptors (Lipinski definition) is 4. The molecule has 0 bridgehead atoms. The molecule has 1 fully saturated rings. The molecule has 2 unspecified atom stereocenters. The Kier molecular flexibility index (Phi) is 5.50. The van der Waals surface area contributed by atoms with Gasteiger partial charge in [-0.2, -0.15) is 0 Å². The third kappa shape index (κ3) is 3.91. The summed E-state index contributed by atoms with van der Waals surface area (Å²) in [7, 11) is 0. The van der Waals surface area contributed by atoms with E-state index in [2.05, 4.69) is 0 Å². The highest BCUT2D eigenvalue weighted by Gasteiger charge is 2.42. The maximum Gasteiger partial charge on any atom is 0.411 e. The minimum absolute atomic E-state index is 0.112. The van der Waals surface area contributed by atoms with Gasteiger partial charge in [0, 0.05) is 5.75 Å². The summed E-state index contributed by atoms with van der Waals surface area (Å²) < 4.78 is 5.28. The predicted octanol–water partition coefficient (Wildman–Crippen LogP) is 2.95. The minimum atomic E-state index is -0.974. The van der Waals surface area contributed by atoms with Crippen LogP contribution in [0.3, 0.4) is 0 Å². The fraction of sp³-hybridized carbons (Fsp3) is 0.467. The second-order valence-corrected chi connectivity index (χ2v) is 6.09. The van der Waals surface area contributed by atoms with Gasteiger partial charge in [-0.3, -0.25) is 4.90 Å². The molecule has 0 saturated carbocycles. The SMILES string of the molecule is CCCC1SCC(C(=O)O)N1C(=O)OCc1ccccc1. The van der Waals surface area contributed by atoms with E-state index in [1.807, 2.05) is 37.3 Å². The molecule has 2 atom stereocenters. The Morgan fingerprint density at radius 1 is 1.38 bits per heavy atom. The monoisotopic (exact) mass is 309 g/mol. The van der Waals surface area contributed by atoms with E-state index in [1.54, 1.807) is 0 Å². The Balaban J connectivity index is 2.01. The number of amides is 1. The van der Waals surface area contributed by atoms with E-state index >= 15 is 0 Å². The molecule has 0 aliphatic carbocycles. The van der Waals surface area contributed by atoms with Gasteiger partial charge in [-0.15, -0.1) is 11.8 Å². The number of carboxylic acid groups (broad SMARTS) is 1. The van der Waals surface area contributed by atoms with Crippen molar-refractivity contribution in [3.8, 4) is 0 Å². The normalized spacial score (nSPS) is 21.3. The van der Waals surface area contributed by atoms with E-state index in [0.717, 1.165) is 18.4 Å². The highest BCUT2D eigenvalue weighted by molar-refractivity contribution is 8.00. The lowest BCUT2D eigenvalue weighted by atomic mass is 10.2. The molecule has 21 heavy (non-hydrogen) atoms. The zero-order chi connectivity index (χ0) is 15.2. The predicted molar refractivity (Wildman–Crippen MR) is 81.0 cm³/mol. The van der Waals surface area contributed by atoms with Gasteiger partial charge in [0.2, 0.25) is 0 Å². The van der Waals surface area contributed by atoms with Crippen molar-refractivity contribution in [2.75, 3.05) is 5.75 Å². The Hall–Kier alpha value is -1.69. The van der Waals surface area contributed by atoms with Crippen LogP contribution in [0, 0.1) is 0 Å². The van der Waals surface area contributed by atoms with Gasteiger partial charge in [0.15, 0.2) is 0 Å². The van der Waals surface area contributed by atoms with Crippen molar-refractivity contribution in [1.82, 2.24) is 4.90 Å². The van der Waals surface area contributed by atoms with Crippen molar-refractivity contribution >= 4 is 23.8 Å². The molecule has 1 saturated heterocycles. The lowest BCUT2D eigenvalue weighted by molar-refractivity contribution is -0.141. The number of aliphatic carboxylic acids is 1. The Morgan fingerprint density at radius 3 is 2.71 bits per heavy atom. The smallest absolute Gasteiger partial charge is 0.411 e. The van der Waals surface area contributed by atoms with E-state index in [0.29, 0.717) is 5.75 Å². The topological polar surface area (TPSA) is 66.8 Å². The lowest BCUT2D eigenvalue weighted by Crippen LogP contribution is -2.45. The van der Waals surface area contributed by atoms with Crippen LogP contribution in [0.5, 0.6) is 0 Å². The van der Waals surface area contributed by atoms with Crippen LogP contribution in [-0.2, 0) is 16.1 Å². The number of hydrogen-bond donors (Lipinski definition) is 1. The van der Waals surface area contributed by atoms with Crippen LogP contribution >= 0.6 is 11.8 Å². The van der Waals surface area contributed by atoms with Gasteiger partial charge in [0.25, 0.3) is 0 Å². The first-order valence-electron chi connectivity index (χ1n) is 6.97. The zero-order valence-electron chi connectivity index (χ0n) is 11.9. The van der Waals surface area contributed by atoms with Gasteiger partial charge in [-0.25, -0.2) is 9.59 Å². The van der Waals surface area contributed by atoms with Crippen molar-refractivity contribution < 1.29 is 19.4 Å². The molecule has 6 heteroatoms. The van der Waals surface area contributed by atoms with Crippen LogP contribution in [0.25, 0.3) is 0 Å². The number of carboxylic acids is 1. The molecule has 2 rings (SSSR count). The third-order valence-electron chi connectivity index (χ3n) is 3.33. The molecule has 114 valence electrons. The van der Waals surface area contributed by atoms with Gasteiger partial charge in [0.1, 0.15) is 12.6 Å². The number of benzene rings is 1. The maximum absolute atomic E-state index is 12.2. The average molecular weight is 309 g/mol. The lowest BCUT2D eigenvalue weighted by Gasteiger charge is -2.26. The number of carbonyl (C=O) groups excluding carboxylic acids is 1. The summed E-state index contributed by atoms with van der Waals surface area (Å²) in [5, 5.41) is 9.13. The number of nitrogens with zero attached hydrogens (tertiary/aromatic N) is 1. The zero-order valence-corrected chi connectivity index (χ0v) is 12.7. The van der Waals surface area contributed by atoms with E-state index in [-0.39, 0.29) is 12.0 Å². The fourth-order valence-electron chi connectivity index (χ4n) is 2.26. The third-order valence-corrected chi connectivity index (χ3v) is 4.68. The summed E-state index contributed by atoms with van der Waals surface area (Å²) in [5.74, 6) is -0.557. The minimum Gasteiger partial charge on any atom is -0.480 e. The Labute approximate surface area is 128 Å². The first kappa shape index (κ1) is 15.7. The van der Waals surface area contributed by atoms with Crippen LogP contribution in [0.2, 0.25) is 0 Å². The van der Waals surface area contributed by atoms with Gasteiger partial charge in [0.05, 0.1) is 5.37 Å². The molecule has 0 spiro atoms. The van der Waals surface area contributed by atoms with Crippen LogP contribution < -0.4 is 0 Å². The second-order valence-electron chi connectivity index (χ2n) is 4.88. The molecule has 1 aromatic carbocycles. The summed E-state index contributed by atoms with van der Waals surface area (Å²) in [6.45, 7) is 2.17. The van der Waals surface area contributed by atoms with E-state index < -0.39 is 18.1 Å². The van der Waals surface area contributed by atoms with Crippen LogP contribution in [-0.4, -0.2) is 39.2 Å². The highest BCUT2D eigenvalue weighted by atomic mass is 32.2. The van der Waals surface area contributed by atoms with Crippen molar-refractivity contribution in [2.24, 2.45) is 0 Å². The number of rotatable bonds is 5. The standard InChI is InChI=1S/C15H19NO4S/c1-2-6-13-16(12(10-21-13)14(17)18)15(19)20-9-11-7-4-3-5-8-11/h3-5,7-8,12-13H,2,6,9-10H2,1H3,(H,17,18). The molecule has 1 N–H and O–H groups in total.